The Morgan fingerprint density at radius 3 is 2.63 bits per heavy atom. The number of nitrogens with zero attached hydrogens (tertiary/aromatic N) is 3. The van der Waals surface area contributed by atoms with E-state index in [1.165, 1.54) is 0 Å². The Bertz CT molecular complexity index is 895. The molecular weight excluding hydrogens is 394 g/mol. The largest absolute Gasteiger partial charge is 0.365 e. The second kappa shape index (κ2) is 8.91. The van der Waals surface area contributed by atoms with E-state index in [1.807, 2.05) is 34.9 Å². The van der Waals surface area contributed by atoms with Gasteiger partial charge in [-0.05, 0) is 18.4 Å². The number of nitrogens with one attached hydrogen (secondary N) is 1. The highest BCUT2D eigenvalue weighted by molar-refractivity contribution is 5.93. The van der Waals surface area contributed by atoms with E-state index in [0.717, 1.165) is 11.3 Å². The number of hydrogen-bond donors (Lipinski definition) is 1. The van der Waals surface area contributed by atoms with E-state index < -0.39 is 13.0 Å². The summed E-state index contributed by atoms with van der Waals surface area (Å²) < 4.78 is 32.5. The molecule has 2 aliphatic rings. The number of halogens is 2. The zero-order valence-electron chi connectivity index (χ0n) is 16.5. The summed E-state index contributed by atoms with van der Waals surface area (Å²) in [6, 6.07) is 9.92. The van der Waals surface area contributed by atoms with Crippen molar-refractivity contribution in [3.05, 3.63) is 53.6 Å². The standard InChI is InChI=1S/C21H24F2N4O3/c22-18(23)10-24-20(28)15-6-8-26(9-7-15)21(29)19-16-12-30-17(11-27(16)13-25-19)14-4-2-1-3-5-14/h1-5,13,15,17-18H,6-12H2,(H,24,28)/t17-/m0/s1. The van der Waals surface area contributed by atoms with E-state index in [9.17, 15) is 18.4 Å². The fourth-order valence-corrected chi connectivity index (χ4v) is 3.99. The number of amides is 2. The summed E-state index contributed by atoms with van der Waals surface area (Å²) in [6.45, 7) is 1.04. The lowest BCUT2D eigenvalue weighted by Gasteiger charge is -2.31. The van der Waals surface area contributed by atoms with Crippen LogP contribution in [-0.2, 0) is 22.7 Å². The Morgan fingerprint density at radius 2 is 1.93 bits per heavy atom. The Hall–Kier alpha value is -2.81. The van der Waals surface area contributed by atoms with E-state index in [4.69, 9.17) is 4.74 Å². The molecule has 0 unspecified atom stereocenters. The van der Waals surface area contributed by atoms with Crippen LogP contribution in [0, 0.1) is 5.92 Å². The van der Waals surface area contributed by atoms with Crippen LogP contribution in [0.2, 0.25) is 0 Å². The summed E-state index contributed by atoms with van der Waals surface area (Å²) >= 11 is 0. The fourth-order valence-electron chi connectivity index (χ4n) is 3.99. The van der Waals surface area contributed by atoms with Gasteiger partial charge in [0, 0.05) is 19.0 Å². The smallest absolute Gasteiger partial charge is 0.274 e. The first-order valence-electron chi connectivity index (χ1n) is 10.1. The van der Waals surface area contributed by atoms with Gasteiger partial charge in [0.2, 0.25) is 5.91 Å². The minimum atomic E-state index is -2.56. The van der Waals surface area contributed by atoms with Gasteiger partial charge in [0.05, 0.1) is 31.7 Å². The molecule has 160 valence electrons. The zero-order valence-corrected chi connectivity index (χ0v) is 16.5. The normalized spacial score (nSPS) is 19.6. The SMILES string of the molecule is O=C(NCC(F)F)C1CCN(C(=O)c2ncn3c2CO[C@H](c2ccccc2)C3)CC1. The van der Waals surface area contributed by atoms with Gasteiger partial charge in [-0.3, -0.25) is 9.59 Å². The van der Waals surface area contributed by atoms with Crippen molar-refractivity contribution in [1.29, 1.82) is 0 Å². The second-order valence-corrected chi connectivity index (χ2v) is 7.61. The number of imidazole rings is 1. The Morgan fingerprint density at radius 1 is 1.20 bits per heavy atom. The summed E-state index contributed by atoms with van der Waals surface area (Å²) in [4.78, 5) is 30.9. The van der Waals surface area contributed by atoms with Crippen molar-refractivity contribution < 1.29 is 23.1 Å². The molecule has 1 saturated heterocycles. The molecule has 2 aromatic rings. The van der Waals surface area contributed by atoms with Crippen molar-refractivity contribution in [1.82, 2.24) is 19.8 Å². The molecule has 1 fully saturated rings. The first-order valence-corrected chi connectivity index (χ1v) is 10.1. The molecule has 0 saturated carbocycles. The molecule has 9 heteroatoms. The molecule has 30 heavy (non-hydrogen) atoms. The summed E-state index contributed by atoms with van der Waals surface area (Å²) in [5.41, 5.74) is 2.21. The highest BCUT2D eigenvalue weighted by Gasteiger charge is 2.32. The highest BCUT2D eigenvalue weighted by atomic mass is 19.3. The number of rotatable bonds is 5. The van der Waals surface area contributed by atoms with Crippen molar-refractivity contribution in [3.8, 4) is 0 Å². The molecule has 7 nitrogen and oxygen atoms in total. The van der Waals surface area contributed by atoms with Gasteiger partial charge in [-0.15, -0.1) is 0 Å². The van der Waals surface area contributed by atoms with Crippen LogP contribution in [0.25, 0.3) is 0 Å². The van der Waals surface area contributed by atoms with Gasteiger partial charge in [-0.2, -0.15) is 0 Å². The van der Waals surface area contributed by atoms with Crippen LogP contribution in [0.5, 0.6) is 0 Å². The molecule has 2 aliphatic heterocycles. The first kappa shape index (κ1) is 20.5. The molecule has 4 rings (SSSR count). The number of piperidine rings is 1. The number of carbonyl (C=O) groups excluding carboxylic acids is 2. The highest BCUT2D eigenvalue weighted by Crippen LogP contribution is 2.28. The van der Waals surface area contributed by atoms with Crippen molar-refractivity contribution >= 4 is 11.8 Å². The average Bonchev–Trinajstić information content (AvgIpc) is 3.21. The van der Waals surface area contributed by atoms with Crippen LogP contribution >= 0.6 is 0 Å². The van der Waals surface area contributed by atoms with Crippen LogP contribution < -0.4 is 5.32 Å². The molecular formula is C21H24F2N4O3. The number of hydrogen-bond acceptors (Lipinski definition) is 4. The average molecular weight is 418 g/mol. The van der Waals surface area contributed by atoms with Crippen molar-refractivity contribution in [3.63, 3.8) is 0 Å². The topological polar surface area (TPSA) is 76.5 Å². The third kappa shape index (κ3) is 4.35. The number of likely N-dealkylation sites (tertiary alicyclic amines) is 1. The van der Waals surface area contributed by atoms with E-state index >= 15 is 0 Å². The second-order valence-electron chi connectivity index (χ2n) is 7.61. The lowest BCUT2D eigenvalue weighted by atomic mass is 9.95. The number of ether oxygens (including phenoxy) is 1. The molecule has 1 N–H and O–H groups in total. The molecule has 1 atom stereocenters. The van der Waals surface area contributed by atoms with E-state index in [1.54, 1.807) is 11.2 Å². The van der Waals surface area contributed by atoms with Crippen LogP contribution in [-0.4, -0.2) is 52.3 Å². The van der Waals surface area contributed by atoms with Gasteiger partial charge in [0.25, 0.3) is 12.3 Å². The molecule has 2 amide bonds. The van der Waals surface area contributed by atoms with E-state index in [0.29, 0.717) is 44.8 Å². The van der Waals surface area contributed by atoms with Gasteiger partial charge in [0.15, 0.2) is 5.69 Å². The first-order chi connectivity index (χ1) is 14.5. The number of fused-ring (bicyclic) bond motifs is 1. The summed E-state index contributed by atoms with van der Waals surface area (Å²) in [6.07, 6.45) is -0.0805. The number of carbonyl (C=O) groups is 2. The number of benzene rings is 1. The molecule has 0 spiro atoms. The van der Waals surface area contributed by atoms with Crippen molar-refractivity contribution in [2.45, 2.75) is 38.5 Å². The molecule has 1 aromatic heterocycles. The van der Waals surface area contributed by atoms with Gasteiger partial charge < -0.3 is 19.5 Å². The predicted molar refractivity (Wildman–Crippen MR) is 104 cm³/mol. The zero-order chi connectivity index (χ0) is 21.1. The van der Waals surface area contributed by atoms with Gasteiger partial charge in [0.1, 0.15) is 6.10 Å². The van der Waals surface area contributed by atoms with Gasteiger partial charge in [-0.25, -0.2) is 13.8 Å². The summed E-state index contributed by atoms with van der Waals surface area (Å²) in [7, 11) is 0. The number of aromatic nitrogens is 2. The quantitative estimate of drug-likeness (QED) is 0.809. The lowest BCUT2D eigenvalue weighted by Crippen LogP contribution is -2.44. The van der Waals surface area contributed by atoms with Crippen LogP contribution in [0.4, 0.5) is 8.78 Å². The molecule has 0 aliphatic carbocycles. The van der Waals surface area contributed by atoms with Crippen LogP contribution in [0.1, 0.15) is 40.7 Å². The van der Waals surface area contributed by atoms with E-state index in [2.05, 4.69) is 10.3 Å². The maximum Gasteiger partial charge on any atom is 0.274 e. The molecule has 0 radical (unpaired) electrons. The van der Waals surface area contributed by atoms with Crippen molar-refractivity contribution in [2.75, 3.05) is 19.6 Å². The fraction of sp³-hybridized carbons (Fsp3) is 0.476. The summed E-state index contributed by atoms with van der Waals surface area (Å²) in [5, 5.41) is 2.26. The Labute approximate surface area is 173 Å². The molecule has 0 bridgehead atoms. The van der Waals surface area contributed by atoms with Crippen LogP contribution in [0.15, 0.2) is 36.7 Å². The maximum absolute atomic E-state index is 13.0. The van der Waals surface area contributed by atoms with Gasteiger partial charge in [-0.1, -0.05) is 30.3 Å². The van der Waals surface area contributed by atoms with Crippen molar-refractivity contribution in [2.24, 2.45) is 5.92 Å². The Balaban J connectivity index is 1.36. The third-order valence-corrected chi connectivity index (χ3v) is 5.69. The van der Waals surface area contributed by atoms with Crippen LogP contribution in [0.3, 0.4) is 0 Å². The molecule has 3 heterocycles. The van der Waals surface area contributed by atoms with Gasteiger partial charge >= 0.3 is 0 Å². The lowest BCUT2D eigenvalue weighted by molar-refractivity contribution is -0.126. The van der Waals surface area contributed by atoms with E-state index in [-0.39, 0.29) is 23.8 Å². The minimum Gasteiger partial charge on any atom is -0.365 e. The summed E-state index contributed by atoms with van der Waals surface area (Å²) in [5.74, 6) is -0.905. The third-order valence-electron chi connectivity index (χ3n) is 5.69. The Kier molecular flexibility index (Phi) is 6.08. The predicted octanol–water partition coefficient (Wildman–Crippen LogP) is 2.39. The number of alkyl halides is 2. The maximum atomic E-state index is 13.0. The monoisotopic (exact) mass is 418 g/mol. The minimum absolute atomic E-state index is 0.0849. The molecule has 1 aromatic carbocycles.